The molecule has 0 N–H and O–H groups in total. The largest absolute Gasteiger partial charge is 0.456 e. The molecule has 8 aromatic carbocycles. The Labute approximate surface area is 354 Å². The first kappa shape index (κ1) is 35.5. The number of para-hydroxylation sites is 2. The van der Waals surface area contributed by atoms with Crippen LogP contribution in [0.2, 0.25) is 6.55 Å². The molecule has 0 saturated carbocycles. The first-order chi connectivity index (χ1) is 29.0. The summed E-state index contributed by atoms with van der Waals surface area (Å²) in [4.78, 5) is 0. The molecule has 0 aromatic heterocycles. The van der Waals surface area contributed by atoms with Crippen LogP contribution in [0.25, 0.3) is 33.4 Å². The molecule has 2 atom stereocenters. The zero-order valence-electron chi connectivity index (χ0n) is 35.0. The zero-order chi connectivity index (χ0) is 40.8. The molecule has 2 unspecified atom stereocenters. The molecule has 2 aliphatic heterocycles. The third-order valence-electron chi connectivity index (χ3n) is 15.0. The second-order valence-corrected chi connectivity index (χ2v) is 22.6. The van der Waals surface area contributed by atoms with Crippen LogP contribution in [0.3, 0.4) is 0 Å². The van der Waals surface area contributed by atoms with Gasteiger partial charge in [-0.05, 0) is 79.1 Å². The van der Waals surface area contributed by atoms with E-state index in [0.29, 0.717) is 0 Å². The van der Waals surface area contributed by atoms with E-state index < -0.39 is 13.5 Å². The lowest BCUT2D eigenvalue weighted by Gasteiger charge is -2.38. The average molecular weight is 791 g/mol. The van der Waals surface area contributed by atoms with E-state index >= 15 is 0 Å². The van der Waals surface area contributed by atoms with Crippen molar-refractivity contribution in [2.75, 3.05) is 0 Å². The van der Waals surface area contributed by atoms with Crippen molar-refractivity contribution in [3.63, 3.8) is 0 Å². The molecule has 290 valence electrons. The molecule has 0 fully saturated rings. The second-order valence-electron chi connectivity index (χ2n) is 18.7. The molecule has 2 heterocycles. The SMILES string of the molecule is CC1(C)c2ccccc2Oc2c1ccc1c2-c2ccc(-c3cccc4c3Oc3c(ccc5c3-c3ccccc3C5(C)C)[Si]4(C)c3ccccc3)cc2C1(C)c1ccccc1. The lowest BCUT2D eigenvalue weighted by atomic mass is 9.71. The van der Waals surface area contributed by atoms with Gasteiger partial charge in [-0.3, -0.25) is 0 Å². The van der Waals surface area contributed by atoms with Crippen LogP contribution in [-0.4, -0.2) is 8.07 Å². The van der Waals surface area contributed by atoms with Crippen molar-refractivity contribution in [2.24, 2.45) is 0 Å². The van der Waals surface area contributed by atoms with Gasteiger partial charge in [0.05, 0.1) is 0 Å². The third-order valence-corrected chi connectivity index (χ3v) is 19.4. The monoisotopic (exact) mass is 790 g/mol. The van der Waals surface area contributed by atoms with Crippen LogP contribution in [0, 0.1) is 0 Å². The van der Waals surface area contributed by atoms with Crippen molar-refractivity contribution in [1.82, 2.24) is 0 Å². The summed E-state index contributed by atoms with van der Waals surface area (Å²) in [6, 6.07) is 63.2. The first-order valence-corrected chi connectivity index (χ1v) is 23.8. The molecule has 60 heavy (non-hydrogen) atoms. The minimum atomic E-state index is -2.58. The van der Waals surface area contributed by atoms with E-state index in [9.17, 15) is 0 Å². The third kappa shape index (κ3) is 4.43. The molecule has 0 saturated heterocycles. The van der Waals surface area contributed by atoms with E-state index in [1.165, 1.54) is 76.8 Å². The van der Waals surface area contributed by atoms with Gasteiger partial charge in [0.15, 0.2) is 8.07 Å². The van der Waals surface area contributed by atoms with Gasteiger partial charge in [0, 0.05) is 44.1 Å². The van der Waals surface area contributed by atoms with Gasteiger partial charge in [-0.15, -0.1) is 0 Å². The predicted molar refractivity (Wildman–Crippen MR) is 249 cm³/mol. The lowest BCUT2D eigenvalue weighted by molar-refractivity contribution is 0.419. The van der Waals surface area contributed by atoms with Crippen LogP contribution < -0.4 is 25.0 Å². The molecule has 8 aromatic rings. The summed E-state index contributed by atoms with van der Waals surface area (Å²) in [5.41, 5.74) is 15.4. The Morgan fingerprint density at radius 3 is 1.80 bits per heavy atom. The molecule has 12 rings (SSSR count). The van der Waals surface area contributed by atoms with Gasteiger partial charge in [0.1, 0.15) is 23.0 Å². The quantitative estimate of drug-likeness (QED) is 0.166. The van der Waals surface area contributed by atoms with Crippen LogP contribution in [0.4, 0.5) is 0 Å². The molecular formula is C57H46O2Si. The maximum atomic E-state index is 7.54. The highest BCUT2D eigenvalue weighted by Crippen LogP contribution is 2.61. The summed E-state index contributed by atoms with van der Waals surface area (Å²) >= 11 is 0. The van der Waals surface area contributed by atoms with E-state index in [4.69, 9.17) is 9.47 Å². The van der Waals surface area contributed by atoms with Gasteiger partial charge in [-0.25, -0.2) is 0 Å². The topological polar surface area (TPSA) is 18.5 Å². The first-order valence-electron chi connectivity index (χ1n) is 21.3. The summed E-state index contributed by atoms with van der Waals surface area (Å²) < 4.78 is 14.5. The highest BCUT2D eigenvalue weighted by molar-refractivity contribution is 7.12. The Hall–Kier alpha value is -6.42. The van der Waals surface area contributed by atoms with Gasteiger partial charge >= 0.3 is 0 Å². The molecule has 0 radical (unpaired) electrons. The molecule has 4 aliphatic rings. The molecule has 3 heteroatoms. The number of hydrogen-bond acceptors (Lipinski definition) is 2. The zero-order valence-corrected chi connectivity index (χ0v) is 36.0. The maximum absolute atomic E-state index is 7.54. The Morgan fingerprint density at radius 1 is 0.400 bits per heavy atom. The van der Waals surface area contributed by atoms with Gasteiger partial charge < -0.3 is 9.47 Å². The Morgan fingerprint density at radius 2 is 1.00 bits per heavy atom. The Balaban J connectivity index is 1.10. The lowest BCUT2D eigenvalue weighted by Crippen LogP contribution is -2.66. The van der Waals surface area contributed by atoms with Crippen molar-refractivity contribution in [1.29, 1.82) is 0 Å². The number of fused-ring (bicyclic) bond motifs is 12. The minimum Gasteiger partial charge on any atom is -0.456 e. The van der Waals surface area contributed by atoms with Gasteiger partial charge in [0.25, 0.3) is 0 Å². The van der Waals surface area contributed by atoms with E-state index in [2.05, 4.69) is 211 Å². The highest BCUT2D eigenvalue weighted by atomic mass is 28.3. The standard InChI is InChI=1S/C57H46O2Si/c1-55(2)41-24-14-13-22-39(41)50-43(55)32-33-49-54(50)59-52-38(23-17-27-48(52)60(49,6)37-20-11-8-12-21-37)35-28-29-40-46(34-35)57(5,36-18-9-7-10-19-36)44-30-31-45-53(51(40)44)58-47-26-16-15-25-42(47)56(45,3)4/h7-34H,1-6H3. The van der Waals surface area contributed by atoms with Crippen LogP contribution in [0.1, 0.15) is 73.6 Å². The predicted octanol–water partition coefficient (Wildman–Crippen LogP) is 12.6. The maximum Gasteiger partial charge on any atom is 0.155 e. The summed E-state index contributed by atoms with van der Waals surface area (Å²) in [6.45, 7) is 14.3. The van der Waals surface area contributed by atoms with E-state index in [0.717, 1.165) is 34.1 Å². The van der Waals surface area contributed by atoms with Crippen molar-refractivity contribution in [2.45, 2.75) is 57.4 Å². The number of benzene rings is 8. The smallest absolute Gasteiger partial charge is 0.155 e. The normalized spacial score (nSPS) is 20.2. The molecule has 0 bridgehead atoms. The highest BCUT2D eigenvalue weighted by Gasteiger charge is 2.49. The Bertz CT molecular complexity index is 3120. The van der Waals surface area contributed by atoms with Crippen LogP contribution in [0.5, 0.6) is 23.0 Å². The molecule has 2 aliphatic carbocycles. The van der Waals surface area contributed by atoms with Crippen molar-refractivity contribution < 1.29 is 9.47 Å². The number of hydrogen-bond donors (Lipinski definition) is 0. The van der Waals surface area contributed by atoms with Crippen molar-refractivity contribution in [3.05, 3.63) is 209 Å². The minimum absolute atomic E-state index is 0.133. The van der Waals surface area contributed by atoms with Crippen LogP contribution >= 0.6 is 0 Å². The fraction of sp³-hybridized carbons (Fsp3) is 0.158. The summed E-state index contributed by atoms with van der Waals surface area (Å²) in [6.07, 6.45) is 0. The molecule has 0 spiro atoms. The van der Waals surface area contributed by atoms with E-state index in [1.54, 1.807) is 0 Å². The number of rotatable bonds is 3. The molecule has 0 amide bonds. The number of ether oxygens (including phenoxy) is 2. The van der Waals surface area contributed by atoms with Gasteiger partial charge in [0.2, 0.25) is 0 Å². The van der Waals surface area contributed by atoms with Crippen molar-refractivity contribution >= 4 is 23.6 Å². The average Bonchev–Trinajstić information content (AvgIpc) is 3.68. The Kier molecular flexibility index (Phi) is 7.15. The van der Waals surface area contributed by atoms with Gasteiger partial charge in [-0.2, -0.15) is 0 Å². The van der Waals surface area contributed by atoms with Crippen molar-refractivity contribution in [3.8, 4) is 56.4 Å². The summed E-state index contributed by atoms with van der Waals surface area (Å²) in [7, 11) is -2.58. The molecule has 2 nitrogen and oxygen atoms in total. The van der Waals surface area contributed by atoms with Crippen LogP contribution in [-0.2, 0) is 16.2 Å². The fourth-order valence-corrected chi connectivity index (χ4v) is 15.5. The summed E-state index contributed by atoms with van der Waals surface area (Å²) in [5, 5.41) is 4.02. The second kappa shape index (κ2) is 12.1. The summed E-state index contributed by atoms with van der Waals surface area (Å²) in [5.74, 6) is 3.92. The van der Waals surface area contributed by atoms with E-state index in [-0.39, 0.29) is 10.8 Å². The molecular weight excluding hydrogens is 745 g/mol. The van der Waals surface area contributed by atoms with E-state index in [1.807, 2.05) is 0 Å². The fourth-order valence-electron chi connectivity index (χ4n) is 11.6. The van der Waals surface area contributed by atoms with Crippen LogP contribution in [0.15, 0.2) is 170 Å². The van der Waals surface area contributed by atoms with Gasteiger partial charge in [-0.1, -0.05) is 192 Å².